The molecule has 0 saturated carbocycles. The molecule has 0 bridgehead atoms. The van der Waals surface area contributed by atoms with Gasteiger partial charge in [-0.05, 0) is 68.3 Å². The molecule has 4 rings (SSSR count). The number of sulfonamides is 1. The third-order valence-electron chi connectivity index (χ3n) is 6.86. The normalized spacial score (nSPS) is 12.0. The highest BCUT2D eigenvalue weighted by Gasteiger charge is 2.34. The molecule has 0 fully saturated rings. The molecular formula is C34H36BrN3O4S. The summed E-state index contributed by atoms with van der Waals surface area (Å²) in [4.78, 5) is 29.7. The molecule has 0 aliphatic rings. The van der Waals surface area contributed by atoms with Gasteiger partial charge in [0, 0.05) is 23.5 Å². The molecule has 0 spiro atoms. The maximum absolute atomic E-state index is 14.4. The Morgan fingerprint density at radius 1 is 0.814 bits per heavy atom. The molecule has 9 heteroatoms. The lowest BCUT2D eigenvalue weighted by atomic mass is 10.0. The molecule has 2 amide bonds. The van der Waals surface area contributed by atoms with Gasteiger partial charge in [-0.3, -0.25) is 13.9 Å². The molecule has 4 aromatic rings. The number of anilines is 1. The fraction of sp³-hybridized carbons (Fsp3) is 0.235. The van der Waals surface area contributed by atoms with Gasteiger partial charge in [-0.15, -0.1) is 0 Å². The zero-order chi connectivity index (χ0) is 31.0. The van der Waals surface area contributed by atoms with Crippen molar-refractivity contribution in [3.63, 3.8) is 0 Å². The van der Waals surface area contributed by atoms with Gasteiger partial charge < -0.3 is 10.2 Å². The second-order valence-corrected chi connectivity index (χ2v) is 13.5. The minimum absolute atomic E-state index is 0.0642. The molecule has 1 atom stereocenters. The highest BCUT2D eigenvalue weighted by Crippen LogP contribution is 2.26. The van der Waals surface area contributed by atoms with Crippen LogP contribution in [-0.2, 0) is 32.6 Å². The Labute approximate surface area is 262 Å². The van der Waals surface area contributed by atoms with Crippen molar-refractivity contribution in [3.8, 4) is 0 Å². The van der Waals surface area contributed by atoms with E-state index in [1.807, 2.05) is 75.4 Å². The highest BCUT2D eigenvalue weighted by molar-refractivity contribution is 9.10. The van der Waals surface area contributed by atoms with Crippen molar-refractivity contribution in [2.24, 2.45) is 0 Å². The number of carbonyl (C=O) groups excluding carboxylic acids is 2. The molecular weight excluding hydrogens is 626 g/mol. The third-order valence-corrected chi connectivity index (χ3v) is 9.18. The lowest BCUT2D eigenvalue weighted by Gasteiger charge is -2.34. The number of aryl methyl sites for hydroxylation is 1. The molecule has 4 aromatic carbocycles. The first-order valence-electron chi connectivity index (χ1n) is 14.1. The number of carbonyl (C=O) groups is 2. The van der Waals surface area contributed by atoms with E-state index in [1.165, 1.54) is 17.0 Å². The number of hydrogen-bond donors (Lipinski definition) is 1. The molecule has 7 nitrogen and oxygen atoms in total. The van der Waals surface area contributed by atoms with Crippen LogP contribution in [-0.4, -0.2) is 43.8 Å². The van der Waals surface area contributed by atoms with Gasteiger partial charge >= 0.3 is 0 Å². The van der Waals surface area contributed by atoms with Crippen molar-refractivity contribution in [2.45, 2.75) is 50.7 Å². The number of nitrogens with zero attached hydrogens (tertiary/aromatic N) is 2. The third kappa shape index (κ3) is 8.55. The van der Waals surface area contributed by atoms with Crippen LogP contribution in [0.25, 0.3) is 0 Å². The van der Waals surface area contributed by atoms with E-state index >= 15 is 0 Å². The number of hydrogen-bond acceptors (Lipinski definition) is 4. The van der Waals surface area contributed by atoms with Crippen molar-refractivity contribution in [1.82, 2.24) is 10.2 Å². The van der Waals surface area contributed by atoms with Crippen LogP contribution in [0.15, 0.2) is 119 Å². The van der Waals surface area contributed by atoms with Crippen LogP contribution in [0.1, 0.15) is 30.5 Å². The summed E-state index contributed by atoms with van der Waals surface area (Å²) in [6.45, 7) is 5.33. The fourth-order valence-corrected chi connectivity index (χ4v) is 6.50. The van der Waals surface area contributed by atoms with Crippen molar-refractivity contribution < 1.29 is 18.0 Å². The Bertz CT molecular complexity index is 1630. The molecule has 0 aromatic heterocycles. The smallest absolute Gasteiger partial charge is 0.264 e. The van der Waals surface area contributed by atoms with Crippen molar-refractivity contribution >= 4 is 43.5 Å². The van der Waals surface area contributed by atoms with Gasteiger partial charge in [0.25, 0.3) is 10.0 Å². The van der Waals surface area contributed by atoms with Crippen LogP contribution in [0.5, 0.6) is 0 Å². The van der Waals surface area contributed by atoms with E-state index in [4.69, 9.17) is 0 Å². The van der Waals surface area contributed by atoms with E-state index in [2.05, 4.69) is 21.2 Å². The second kappa shape index (κ2) is 14.5. The Morgan fingerprint density at radius 2 is 1.42 bits per heavy atom. The quantitative estimate of drug-likeness (QED) is 0.198. The first-order chi connectivity index (χ1) is 20.5. The van der Waals surface area contributed by atoms with Crippen LogP contribution >= 0.6 is 15.9 Å². The number of amides is 2. The Balaban J connectivity index is 1.79. The molecule has 1 unspecified atom stereocenters. The minimum Gasteiger partial charge on any atom is -0.352 e. The van der Waals surface area contributed by atoms with Gasteiger partial charge in [-0.1, -0.05) is 94.3 Å². The average molecular weight is 663 g/mol. The second-order valence-electron chi connectivity index (χ2n) is 10.7. The largest absolute Gasteiger partial charge is 0.352 e. The summed E-state index contributed by atoms with van der Waals surface area (Å²) in [5, 5.41) is 2.97. The van der Waals surface area contributed by atoms with Crippen molar-refractivity contribution in [3.05, 3.63) is 130 Å². The van der Waals surface area contributed by atoms with Crippen LogP contribution in [0.2, 0.25) is 0 Å². The fourth-order valence-electron chi connectivity index (χ4n) is 4.80. The predicted octanol–water partition coefficient (Wildman–Crippen LogP) is 6.12. The molecule has 0 aliphatic carbocycles. The first kappa shape index (κ1) is 32.0. The van der Waals surface area contributed by atoms with Gasteiger partial charge in [0.15, 0.2) is 0 Å². The van der Waals surface area contributed by atoms with E-state index < -0.39 is 28.5 Å². The molecule has 224 valence electrons. The molecule has 1 N–H and O–H groups in total. The summed E-state index contributed by atoms with van der Waals surface area (Å²) in [5.74, 6) is -0.801. The monoisotopic (exact) mass is 661 g/mol. The predicted molar refractivity (Wildman–Crippen MR) is 174 cm³/mol. The molecule has 0 heterocycles. The SMILES string of the molecule is Cc1cccc(CN(C(=O)CN(c2ccc(Br)cc2)S(=O)(=O)c2ccccc2)C(Cc2ccccc2)C(=O)NC(C)C)c1. The standard InChI is InChI=1S/C34H36BrN3O4S/c1-25(2)36-34(40)32(22-27-12-6-4-7-13-27)37(23-28-14-10-11-26(3)21-28)33(39)24-38(30-19-17-29(35)18-20-30)43(41,42)31-15-8-5-9-16-31/h4-21,25,32H,22-24H2,1-3H3,(H,36,40). The van der Waals surface area contributed by atoms with Gasteiger partial charge in [0.1, 0.15) is 12.6 Å². The maximum atomic E-state index is 14.4. The van der Waals surface area contributed by atoms with Crippen molar-refractivity contribution in [2.75, 3.05) is 10.8 Å². The molecule has 0 radical (unpaired) electrons. The topological polar surface area (TPSA) is 86.8 Å². The summed E-state index contributed by atoms with van der Waals surface area (Å²) in [5.41, 5.74) is 3.07. The summed E-state index contributed by atoms with van der Waals surface area (Å²) in [6, 6.07) is 31.0. The zero-order valence-corrected chi connectivity index (χ0v) is 26.9. The van der Waals surface area contributed by atoms with E-state index in [0.29, 0.717) is 5.69 Å². The number of nitrogens with one attached hydrogen (secondary N) is 1. The van der Waals surface area contributed by atoms with E-state index in [1.54, 1.807) is 42.5 Å². The molecule has 0 saturated heterocycles. The lowest BCUT2D eigenvalue weighted by molar-refractivity contribution is -0.140. The van der Waals surface area contributed by atoms with Crippen LogP contribution in [0, 0.1) is 6.92 Å². The van der Waals surface area contributed by atoms with Crippen LogP contribution in [0.3, 0.4) is 0 Å². The summed E-state index contributed by atoms with van der Waals surface area (Å²) < 4.78 is 29.9. The average Bonchev–Trinajstić information content (AvgIpc) is 2.98. The Kier molecular flexibility index (Phi) is 10.8. The number of halogens is 1. The van der Waals surface area contributed by atoms with Gasteiger partial charge in [0.05, 0.1) is 10.6 Å². The maximum Gasteiger partial charge on any atom is 0.264 e. The lowest BCUT2D eigenvalue weighted by Crippen LogP contribution is -2.54. The molecule has 43 heavy (non-hydrogen) atoms. The number of benzene rings is 4. The molecule has 0 aliphatic heterocycles. The van der Waals surface area contributed by atoms with E-state index in [9.17, 15) is 18.0 Å². The minimum atomic E-state index is -4.13. The van der Waals surface area contributed by atoms with Crippen molar-refractivity contribution in [1.29, 1.82) is 0 Å². The van der Waals surface area contributed by atoms with Gasteiger partial charge in [-0.25, -0.2) is 8.42 Å². The van der Waals surface area contributed by atoms with E-state index in [0.717, 1.165) is 25.5 Å². The Hall–Kier alpha value is -3.95. The summed E-state index contributed by atoms with van der Waals surface area (Å²) >= 11 is 3.41. The first-order valence-corrected chi connectivity index (χ1v) is 16.3. The van der Waals surface area contributed by atoms with Crippen LogP contribution < -0.4 is 9.62 Å². The van der Waals surface area contributed by atoms with Crippen LogP contribution in [0.4, 0.5) is 5.69 Å². The summed E-state index contributed by atoms with van der Waals surface area (Å²) in [6.07, 6.45) is 0.265. The highest BCUT2D eigenvalue weighted by atomic mass is 79.9. The van der Waals surface area contributed by atoms with Gasteiger partial charge in [-0.2, -0.15) is 0 Å². The Morgan fingerprint density at radius 3 is 2.02 bits per heavy atom. The summed E-state index contributed by atoms with van der Waals surface area (Å²) in [7, 11) is -4.13. The van der Waals surface area contributed by atoms with E-state index in [-0.39, 0.29) is 29.8 Å². The zero-order valence-electron chi connectivity index (χ0n) is 24.5. The van der Waals surface area contributed by atoms with Gasteiger partial charge in [0.2, 0.25) is 11.8 Å². The number of rotatable bonds is 12.